The number of piperidine rings is 1. The summed E-state index contributed by atoms with van der Waals surface area (Å²) in [7, 11) is 0. The Morgan fingerprint density at radius 2 is 0.754 bits per heavy atom. The molecule has 4 aromatic heterocycles. The van der Waals surface area contributed by atoms with E-state index in [0.717, 1.165) is 18.7 Å². The fourth-order valence-corrected chi connectivity index (χ4v) is 6.44. The standard InChI is InChI=1S/C14H22N2.3C13H21N.3CH4/c1-14(2,3)12-7-8-15-13(11-12)16-9-5-4-6-10-16;1-12(2,3)10-7-8-14-11(9-10)13(4,5)6;2*1-10(2)8-12-9-11(6-7-14-12)13(3,4)5;;;/h7-8,11H,4-6,9-10H2,1-3H3;7-9H,1-6H3;2*6-7,9-10H,8H2,1-5H3;3*1H4. The van der Waals surface area contributed by atoms with E-state index in [1.54, 1.807) is 0 Å². The minimum absolute atomic E-state index is 0. The van der Waals surface area contributed by atoms with Gasteiger partial charge in [0.05, 0.1) is 0 Å². The highest BCUT2D eigenvalue weighted by Crippen LogP contribution is 2.28. The number of rotatable bonds is 5. The number of hydrogen-bond donors (Lipinski definition) is 0. The molecule has 1 saturated heterocycles. The van der Waals surface area contributed by atoms with Gasteiger partial charge in [-0.2, -0.15) is 0 Å². The highest BCUT2D eigenvalue weighted by atomic mass is 15.2. The summed E-state index contributed by atoms with van der Waals surface area (Å²) in [4.78, 5) is 20.1. The van der Waals surface area contributed by atoms with Crippen molar-refractivity contribution in [2.75, 3.05) is 18.0 Å². The van der Waals surface area contributed by atoms with Crippen LogP contribution in [-0.2, 0) is 39.9 Å². The van der Waals surface area contributed by atoms with Crippen molar-refractivity contribution in [2.24, 2.45) is 11.8 Å². The first-order valence-electron chi connectivity index (χ1n) is 22.2. The molecule has 4 aromatic rings. The zero-order chi connectivity index (χ0) is 44.1. The third kappa shape index (κ3) is 22.4. The van der Waals surface area contributed by atoms with Gasteiger partial charge in [-0.15, -0.1) is 0 Å². The van der Waals surface area contributed by atoms with Gasteiger partial charge in [-0.1, -0.05) is 154 Å². The van der Waals surface area contributed by atoms with Gasteiger partial charge in [0.1, 0.15) is 5.82 Å². The van der Waals surface area contributed by atoms with Gasteiger partial charge in [-0.3, -0.25) is 15.0 Å². The van der Waals surface area contributed by atoms with E-state index >= 15 is 0 Å². The Balaban J connectivity index is 0. The molecule has 1 aliphatic heterocycles. The van der Waals surface area contributed by atoms with Gasteiger partial charge in [0.25, 0.3) is 0 Å². The number of aromatic nitrogens is 4. The second-order valence-electron chi connectivity index (χ2n) is 22.4. The van der Waals surface area contributed by atoms with E-state index in [0.29, 0.717) is 11.8 Å². The molecule has 61 heavy (non-hydrogen) atoms. The Hall–Kier alpha value is -3.60. The Morgan fingerprint density at radius 1 is 0.426 bits per heavy atom. The van der Waals surface area contributed by atoms with Crippen LogP contribution in [0.25, 0.3) is 0 Å². The van der Waals surface area contributed by atoms with Crippen LogP contribution in [0.4, 0.5) is 5.82 Å². The number of anilines is 1. The molecule has 0 amide bonds. The van der Waals surface area contributed by atoms with Gasteiger partial charge < -0.3 is 4.90 Å². The van der Waals surface area contributed by atoms with Crippen LogP contribution in [0.5, 0.6) is 0 Å². The molecule has 0 spiro atoms. The maximum Gasteiger partial charge on any atom is 0.128 e. The quantitative estimate of drug-likeness (QED) is 0.200. The Kier molecular flexibility index (Phi) is 24.9. The van der Waals surface area contributed by atoms with E-state index in [2.05, 4.69) is 205 Å². The lowest BCUT2D eigenvalue weighted by Crippen LogP contribution is -2.30. The molecule has 1 aliphatic rings. The highest BCUT2D eigenvalue weighted by molar-refractivity contribution is 5.43. The Bertz CT molecular complexity index is 1690. The van der Waals surface area contributed by atoms with Crippen LogP contribution < -0.4 is 4.90 Å². The summed E-state index contributed by atoms with van der Waals surface area (Å²) in [5.41, 5.74) is 10.1. The second-order valence-corrected chi connectivity index (χ2v) is 22.4. The Labute approximate surface area is 379 Å². The summed E-state index contributed by atoms with van der Waals surface area (Å²) in [6, 6.07) is 17.4. The Morgan fingerprint density at radius 3 is 1.10 bits per heavy atom. The number of nitrogens with zero attached hydrogens (tertiary/aromatic N) is 5. The van der Waals surface area contributed by atoms with Crippen molar-refractivity contribution in [3.05, 3.63) is 113 Å². The molecule has 0 N–H and O–H groups in total. The summed E-state index contributed by atoms with van der Waals surface area (Å²) in [6.07, 6.45) is 13.9. The molecule has 5 heterocycles. The summed E-state index contributed by atoms with van der Waals surface area (Å²) in [5, 5.41) is 0. The van der Waals surface area contributed by atoms with Crippen molar-refractivity contribution in [1.29, 1.82) is 0 Å². The third-order valence-corrected chi connectivity index (χ3v) is 10.3. The van der Waals surface area contributed by atoms with Crippen molar-refractivity contribution in [3.63, 3.8) is 0 Å². The van der Waals surface area contributed by atoms with Gasteiger partial charge in [-0.25, -0.2) is 4.98 Å². The third-order valence-electron chi connectivity index (χ3n) is 10.3. The van der Waals surface area contributed by atoms with Crippen molar-refractivity contribution < 1.29 is 0 Å². The first-order chi connectivity index (χ1) is 26.6. The first kappa shape index (κ1) is 59.5. The van der Waals surface area contributed by atoms with Gasteiger partial charge in [0.15, 0.2) is 0 Å². The molecule has 346 valence electrons. The van der Waals surface area contributed by atoms with E-state index in [1.165, 1.54) is 71.7 Å². The smallest absolute Gasteiger partial charge is 0.128 e. The zero-order valence-electron chi connectivity index (χ0n) is 40.8. The summed E-state index contributed by atoms with van der Waals surface area (Å²) >= 11 is 0. The van der Waals surface area contributed by atoms with Crippen molar-refractivity contribution >= 4 is 5.82 Å². The molecule has 0 aromatic carbocycles. The predicted molar refractivity (Wildman–Crippen MR) is 274 cm³/mol. The van der Waals surface area contributed by atoms with Crippen LogP contribution in [0.3, 0.4) is 0 Å². The van der Waals surface area contributed by atoms with Gasteiger partial charge in [0, 0.05) is 60.4 Å². The van der Waals surface area contributed by atoms with Crippen LogP contribution in [0.15, 0.2) is 73.3 Å². The van der Waals surface area contributed by atoms with Crippen molar-refractivity contribution in [2.45, 2.75) is 213 Å². The van der Waals surface area contributed by atoms with E-state index in [4.69, 9.17) is 0 Å². The first-order valence-corrected chi connectivity index (χ1v) is 22.2. The molecular formula is C56H97N5. The van der Waals surface area contributed by atoms with Crippen LogP contribution in [-0.4, -0.2) is 33.0 Å². The average Bonchev–Trinajstić information content (AvgIpc) is 3.11. The number of pyridine rings is 4. The summed E-state index contributed by atoms with van der Waals surface area (Å²) in [5.74, 6) is 2.52. The largest absolute Gasteiger partial charge is 0.357 e. The minimum Gasteiger partial charge on any atom is -0.357 e. The minimum atomic E-state index is 0. The topological polar surface area (TPSA) is 54.8 Å². The lowest BCUT2D eigenvalue weighted by Gasteiger charge is -2.29. The monoisotopic (exact) mass is 840 g/mol. The lowest BCUT2D eigenvalue weighted by molar-refractivity contribution is 0.552. The molecule has 0 atom stereocenters. The fourth-order valence-electron chi connectivity index (χ4n) is 6.44. The molecule has 5 heteroatoms. The molecule has 0 aliphatic carbocycles. The summed E-state index contributed by atoms with van der Waals surface area (Å²) in [6.45, 7) is 44.7. The van der Waals surface area contributed by atoms with Crippen LogP contribution in [0, 0.1) is 11.8 Å². The van der Waals surface area contributed by atoms with Crippen molar-refractivity contribution in [1.82, 2.24) is 19.9 Å². The molecule has 0 unspecified atom stereocenters. The molecule has 5 rings (SSSR count). The van der Waals surface area contributed by atoms with E-state index in [-0.39, 0.29) is 49.4 Å². The van der Waals surface area contributed by atoms with Gasteiger partial charge in [-0.05, 0) is 136 Å². The maximum atomic E-state index is 4.50. The molecule has 0 bridgehead atoms. The average molecular weight is 840 g/mol. The van der Waals surface area contributed by atoms with Gasteiger partial charge in [0.2, 0.25) is 0 Å². The predicted octanol–water partition coefficient (Wildman–Crippen LogP) is 16.1. The van der Waals surface area contributed by atoms with Crippen molar-refractivity contribution in [3.8, 4) is 0 Å². The second kappa shape index (κ2) is 25.5. The van der Waals surface area contributed by atoms with Crippen LogP contribution >= 0.6 is 0 Å². The van der Waals surface area contributed by atoms with Gasteiger partial charge >= 0.3 is 0 Å². The normalized spacial score (nSPS) is 13.2. The molecule has 0 saturated carbocycles. The lowest BCUT2D eigenvalue weighted by atomic mass is 9.84. The van der Waals surface area contributed by atoms with E-state index in [9.17, 15) is 0 Å². The van der Waals surface area contributed by atoms with E-state index in [1.807, 2.05) is 24.8 Å². The molecule has 1 fully saturated rings. The SMILES string of the molecule is C.C.C.CC(C)(C)c1ccnc(C(C)(C)C)c1.CC(C)(C)c1ccnc(N2CCCCC2)c1.CC(C)Cc1cc(C(C)(C)C)ccn1.CC(C)Cc1cc(C(C)(C)C)ccn1. The van der Waals surface area contributed by atoms with Crippen LogP contribution in [0.2, 0.25) is 0 Å². The fraction of sp³-hybridized carbons (Fsp3) is 0.643. The van der Waals surface area contributed by atoms with Crippen LogP contribution in [0.1, 0.15) is 212 Å². The zero-order valence-corrected chi connectivity index (χ0v) is 40.8. The number of hydrogen-bond acceptors (Lipinski definition) is 5. The summed E-state index contributed by atoms with van der Waals surface area (Å²) < 4.78 is 0. The molecule has 5 nitrogen and oxygen atoms in total. The maximum absolute atomic E-state index is 4.50. The van der Waals surface area contributed by atoms with E-state index < -0.39 is 0 Å². The molecule has 0 radical (unpaired) electrons. The highest BCUT2D eigenvalue weighted by Gasteiger charge is 2.21. The molecular weight excluding hydrogens is 743 g/mol.